The van der Waals surface area contributed by atoms with Crippen LogP contribution in [0.4, 0.5) is 11.4 Å². The normalized spacial score (nSPS) is 10.3. The van der Waals surface area contributed by atoms with Crippen LogP contribution in [0.1, 0.15) is 21.5 Å². The van der Waals surface area contributed by atoms with E-state index in [2.05, 4.69) is 20.6 Å². The number of carbonyl (C=O) groups excluding carboxylic acids is 1. The van der Waals surface area contributed by atoms with Crippen LogP contribution in [0.15, 0.2) is 61.2 Å². The molecule has 0 spiro atoms. The van der Waals surface area contributed by atoms with Gasteiger partial charge in [0, 0.05) is 35.8 Å². The first-order valence-corrected chi connectivity index (χ1v) is 8.15. The molecule has 0 aliphatic carbocycles. The maximum Gasteiger partial charge on any atom is 0.253 e. The highest BCUT2D eigenvalue weighted by atomic mass is 35.5. The molecule has 0 bridgehead atoms. The Morgan fingerprint density at radius 1 is 1.12 bits per heavy atom. The van der Waals surface area contributed by atoms with E-state index < -0.39 is 0 Å². The predicted octanol–water partition coefficient (Wildman–Crippen LogP) is 4.11. The Morgan fingerprint density at radius 3 is 2.72 bits per heavy atom. The third-order valence-corrected chi connectivity index (χ3v) is 4.16. The molecule has 0 fully saturated rings. The summed E-state index contributed by atoms with van der Waals surface area (Å²) in [5.74, 6) is -0.184. The molecule has 3 aromatic rings. The van der Waals surface area contributed by atoms with Crippen LogP contribution in [0.25, 0.3) is 0 Å². The minimum Gasteiger partial charge on any atom is -0.354 e. The molecular weight excluding hydrogens is 336 g/mol. The Labute approximate surface area is 151 Å². The average Bonchev–Trinajstić information content (AvgIpc) is 2.64. The fourth-order valence-electron chi connectivity index (χ4n) is 2.32. The second kappa shape index (κ2) is 7.77. The zero-order valence-corrected chi connectivity index (χ0v) is 14.4. The van der Waals surface area contributed by atoms with Gasteiger partial charge in [-0.1, -0.05) is 17.7 Å². The lowest BCUT2D eigenvalue weighted by Gasteiger charge is -2.11. The van der Waals surface area contributed by atoms with Gasteiger partial charge in [-0.3, -0.25) is 14.8 Å². The van der Waals surface area contributed by atoms with Gasteiger partial charge >= 0.3 is 0 Å². The summed E-state index contributed by atoms with van der Waals surface area (Å²) in [6.45, 7) is 2.37. The van der Waals surface area contributed by atoms with Crippen LogP contribution in [0.2, 0.25) is 5.02 Å². The van der Waals surface area contributed by atoms with E-state index in [-0.39, 0.29) is 5.91 Å². The summed E-state index contributed by atoms with van der Waals surface area (Å²) in [4.78, 5) is 20.4. The second-order valence-electron chi connectivity index (χ2n) is 5.54. The number of anilines is 2. The second-order valence-corrected chi connectivity index (χ2v) is 5.95. The van der Waals surface area contributed by atoms with Crippen LogP contribution in [0, 0.1) is 6.92 Å². The molecule has 2 heterocycles. The fourth-order valence-corrected chi connectivity index (χ4v) is 2.49. The third kappa shape index (κ3) is 4.33. The molecule has 126 valence electrons. The Balaban J connectivity index is 1.70. The monoisotopic (exact) mass is 352 g/mol. The smallest absolute Gasteiger partial charge is 0.253 e. The van der Waals surface area contributed by atoms with Crippen molar-refractivity contribution in [1.82, 2.24) is 15.3 Å². The van der Waals surface area contributed by atoms with E-state index in [1.54, 1.807) is 24.7 Å². The maximum absolute atomic E-state index is 12.3. The van der Waals surface area contributed by atoms with E-state index in [0.29, 0.717) is 17.1 Å². The molecule has 0 saturated carbocycles. The lowest BCUT2D eigenvalue weighted by atomic mass is 10.2. The summed E-state index contributed by atoms with van der Waals surface area (Å²) < 4.78 is 0. The zero-order chi connectivity index (χ0) is 17.6. The molecule has 2 N–H and O–H groups in total. The number of nitrogens with zero attached hydrogens (tertiary/aromatic N) is 2. The lowest BCUT2D eigenvalue weighted by molar-refractivity contribution is 0.0950. The summed E-state index contributed by atoms with van der Waals surface area (Å²) in [6.07, 6.45) is 6.60. The van der Waals surface area contributed by atoms with Crippen LogP contribution >= 0.6 is 11.6 Å². The van der Waals surface area contributed by atoms with Gasteiger partial charge in [0.2, 0.25) is 0 Å². The average molecular weight is 353 g/mol. The third-order valence-electron chi connectivity index (χ3n) is 3.75. The summed E-state index contributed by atoms with van der Waals surface area (Å²) in [6, 6.07) is 11.1. The summed E-state index contributed by atoms with van der Waals surface area (Å²) in [5.41, 5.74) is 4.01. The molecule has 25 heavy (non-hydrogen) atoms. The van der Waals surface area contributed by atoms with Crippen molar-refractivity contribution in [1.29, 1.82) is 0 Å². The van der Waals surface area contributed by atoms with Gasteiger partial charge in [-0.15, -0.1) is 0 Å². The lowest BCUT2D eigenvalue weighted by Crippen LogP contribution is -2.23. The first kappa shape index (κ1) is 16.9. The zero-order valence-electron chi connectivity index (χ0n) is 13.7. The highest BCUT2D eigenvalue weighted by Gasteiger charge is 2.08. The summed E-state index contributed by atoms with van der Waals surface area (Å²) >= 11 is 6.14. The van der Waals surface area contributed by atoms with Crippen LogP contribution in [-0.2, 0) is 6.54 Å². The molecule has 0 aliphatic heterocycles. The minimum atomic E-state index is -0.184. The largest absolute Gasteiger partial charge is 0.354 e. The van der Waals surface area contributed by atoms with Crippen LogP contribution in [0.5, 0.6) is 0 Å². The van der Waals surface area contributed by atoms with Crippen molar-refractivity contribution >= 4 is 28.9 Å². The van der Waals surface area contributed by atoms with E-state index in [1.165, 1.54) is 6.20 Å². The first-order chi connectivity index (χ1) is 12.1. The highest BCUT2D eigenvalue weighted by molar-refractivity contribution is 6.31. The molecule has 5 nitrogen and oxygen atoms in total. The van der Waals surface area contributed by atoms with E-state index in [0.717, 1.165) is 22.5 Å². The van der Waals surface area contributed by atoms with E-state index >= 15 is 0 Å². The molecule has 0 aliphatic rings. The topological polar surface area (TPSA) is 66.9 Å². The molecule has 0 radical (unpaired) electrons. The number of halogens is 1. The number of rotatable bonds is 5. The molecule has 3 rings (SSSR count). The van der Waals surface area contributed by atoms with Gasteiger partial charge in [0.25, 0.3) is 5.91 Å². The minimum absolute atomic E-state index is 0.184. The van der Waals surface area contributed by atoms with Crippen LogP contribution in [0.3, 0.4) is 0 Å². The SMILES string of the molecule is Cc1c(Cl)cccc1Nc1cncc(C(=O)NCc2ccncc2)c1. The van der Waals surface area contributed by atoms with Crippen LogP contribution < -0.4 is 10.6 Å². The first-order valence-electron chi connectivity index (χ1n) is 7.78. The van der Waals surface area contributed by atoms with Gasteiger partial charge < -0.3 is 10.6 Å². The number of nitrogens with one attached hydrogen (secondary N) is 2. The Hall–Kier alpha value is -2.92. The molecule has 1 amide bonds. The van der Waals surface area contributed by atoms with Gasteiger partial charge in [0.1, 0.15) is 0 Å². The van der Waals surface area contributed by atoms with Gasteiger partial charge in [-0.05, 0) is 48.4 Å². The Kier molecular flexibility index (Phi) is 5.26. The van der Waals surface area contributed by atoms with Crippen molar-refractivity contribution in [2.24, 2.45) is 0 Å². The number of carbonyl (C=O) groups is 1. The molecule has 0 atom stereocenters. The van der Waals surface area contributed by atoms with Gasteiger partial charge in [-0.2, -0.15) is 0 Å². The Morgan fingerprint density at radius 2 is 1.92 bits per heavy atom. The quantitative estimate of drug-likeness (QED) is 0.725. The summed E-state index contributed by atoms with van der Waals surface area (Å²) in [7, 11) is 0. The van der Waals surface area contributed by atoms with Gasteiger partial charge in [-0.25, -0.2) is 0 Å². The van der Waals surface area contributed by atoms with E-state index in [9.17, 15) is 4.79 Å². The van der Waals surface area contributed by atoms with Crippen molar-refractivity contribution in [3.05, 3.63) is 82.9 Å². The van der Waals surface area contributed by atoms with Crippen LogP contribution in [-0.4, -0.2) is 15.9 Å². The number of hydrogen-bond acceptors (Lipinski definition) is 4. The number of hydrogen-bond donors (Lipinski definition) is 2. The van der Waals surface area contributed by atoms with Crippen molar-refractivity contribution < 1.29 is 4.79 Å². The number of benzene rings is 1. The molecular formula is C19H17ClN4O. The maximum atomic E-state index is 12.3. The predicted molar refractivity (Wildman–Crippen MR) is 99.1 cm³/mol. The molecule has 1 aromatic carbocycles. The molecule has 2 aromatic heterocycles. The highest BCUT2D eigenvalue weighted by Crippen LogP contribution is 2.26. The van der Waals surface area contributed by atoms with E-state index in [1.807, 2.05) is 37.3 Å². The van der Waals surface area contributed by atoms with E-state index in [4.69, 9.17) is 11.6 Å². The van der Waals surface area contributed by atoms with Crippen molar-refractivity contribution in [2.45, 2.75) is 13.5 Å². The molecule has 0 saturated heterocycles. The Bertz CT molecular complexity index is 884. The standard InChI is InChI=1S/C19H17ClN4O/c1-13-17(20)3-2-4-18(13)24-16-9-15(11-22-12-16)19(25)23-10-14-5-7-21-8-6-14/h2-9,11-12,24H,10H2,1H3,(H,23,25). The summed E-state index contributed by atoms with van der Waals surface area (Å²) in [5, 5.41) is 6.80. The van der Waals surface area contributed by atoms with Gasteiger partial charge in [0.05, 0.1) is 17.4 Å². The fraction of sp³-hybridized carbons (Fsp3) is 0.105. The number of aromatic nitrogens is 2. The van der Waals surface area contributed by atoms with Crippen molar-refractivity contribution in [2.75, 3.05) is 5.32 Å². The number of amides is 1. The molecule has 6 heteroatoms. The van der Waals surface area contributed by atoms with Crippen molar-refractivity contribution in [3.8, 4) is 0 Å². The number of pyridine rings is 2. The molecule has 0 unspecified atom stereocenters. The van der Waals surface area contributed by atoms with Crippen molar-refractivity contribution in [3.63, 3.8) is 0 Å². The van der Waals surface area contributed by atoms with Gasteiger partial charge in [0.15, 0.2) is 0 Å².